The molecule has 0 aliphatic heterocycles. The van der Waals surface area contributed by atoms with Crippen LogP contribution in [-0.4, -0.2) is 9.55 Å². The van der Waals surface area contributed by atoms with Crippen LogP contribution in [0.4, 0.5) is 5.69 Å². The van der Waals surface area contributed by atoms with Crippen molar-refractivity contribution in [2.75, 3.05) is 5.73 Å². The topological polar surface area (TPSA) is 43.8 Å². The van der Waals surface area contributed by atoms with Gasteiger partial charge in [0.05, 0.1) is 11.0 Å². The van der Waals surface area contributed by atoms with Crippen molar-refractivity contribution >= 4 is 27.5 Å². The molecular formula is C25H21N3. The average molecular weight is 363 g/mol. The standard InChI is InChI=1S/C25H21N3/c1-16-9-10-27-25(13-16)28-23-6-4-3-5-21(23)22-8-7-18(15-24(22)28)19-11-17(2)12-20(26)14-19/h3-15H,26H2,1-2H3. The Bertz CT molecular complexity index is 1320. The second-order valence-electron chi connectivity index (χ2n) is 7.41. The van der Waals surface area contributed by atoms with Crippen molar-refractivity contribution in [1.29, 1.82) is 0 Å². The number of aryl methyl sites for hydroxylation is 2. The maximum atomic E-state index is 6.09. The highest BCUT2D eigenvalue weighted by Crippen LogP contribution is 2.34. The summed E-state index contributed by atoms with van der Waals surface area (Å²) in [6.45, 7) is 4.17. The highest BCUT2D eigenvalue weighted by atomic mass is 15.1. The summed E-state index contributed by atoms with van der Waals surface area (Å²) in [4.78, 5) is 4.66. The number of hydrogen-bond acceptors (Lipinski definition) is 2. The fraction of sp³-hybridized carbons (Fsp3) is 0.0800. The van der Waals surface area contributed by atoms with Crippen LogP contribution in [0.25, 0.3) is 38.8 Å². The number of nitrogens with zero attached hydrogens (tertiary/aromatic N) is 2. The molecule has 0 unspecified atom stereocenters. The summed E-state index contributed by atoms with van der Waals surface area (Å²) in [5, 5.41) is 2.46. The van der Waals surface area contributed by atoms with E-state index in [1.165, 1.54) is 16.3 Å². The lowest BCUT2D eigenvalue weighted by Gasteiger charge is -2.09. The normalized spacial score (nSPS) is 11.4. The minimum absolute atomic E-state index is 0.788. The van der Waals surface area contributed by atoms with E-state index < -0.39 is 0 Å². The Labute approximate surface area is 164 Å². The molecule has 0 fully saturated rings. The van der Waals surface area contributed by atoms with Crippen molar-refractivity contribution in [3.63, 3.8) is 0 Å². The first-order chi connectivity index (χ1) is 13.6. The van der Waals surface area contributed by atoms with Crippen molar-refractivity contribution in [3.8, 4) is 16.9 Å². The first kappa shape index (κ1) is 16.6. The van der Waals surface area contributed by atoms with Crippen molar-refractivity contribution in [3.05, 3.63) is 90.1 Å². The fourth-order valence-electron chi connectivity index (χ4n) is 4.02. The molecule has 0 radical (unpaired) electrons. The Balaban J connectivity index is 1.85. The largest absolute Gasteiger partial charge is 0.399 e. The van der Waals surface area contributed by atoms with Crippen LogP contribution in [0, 0.1) is 13.8 Å². The van der Waals surface area contributed by atoms with Crippen molar-refractivity contribution in [2.24, 2.45) is 0 Å². The number of nitrogen functional groups attached to an aromatic ring is 1. The number of fused-ring (bicyclic) bond motifs is 3. The van der Waals surface area contributed by atoms with Crippen LogP contribution in [0.2, 0.25) is 0 Å². The highest BCUT2D eigenvalue weighted by molar-refractivity contribution is 6.10. The predicted molar refractivity (Wildman–Crippen MR) is 118 cm³/mol. The van der Waals surface area contributed by atoms with Gasteiger partial charge in [-0.2, -0.15) is 0 Å². The smallest absolute Gasteiger partial charge is 0.137 e. The Kier molecular flexibility index (Phi) is 3.69. The van der Waals surface area contributed by atoms with E-state index in [9.17, 15) is 0 Å². The molecule has 136 valence electrons. The Morgan fingerprint density at radius 3 is 2.36 bits per heavy atom. The van der Waals surface area contributed by atoms with Crippen LogP contribution in [-0.2, 0) is 0 Å². The van der Waals surface area contributed by atoms with E-state index in [2.05, 4.69) is 78.0 Å². The number of pyridine rings is 1. The number of hydrogen-bond donors (Lipinski definition) is 1. The van der Waals surface area contributed by atoms with Gasteiger partial charge in [0.15, 0.2) is 0 Å². The lowest BCUT2D eigenvalue weighted by atomic mass is 10.0. The summed E-state index contributed by atoms with van der Waals surface area (Å²) in [5.74, 6) is 0.937. The van der Waals surface area contributed by atoms with Crippen LogP contribution in [0.1, 0.15) is 11.1 Å². The number of aromatic nitrogens is 2. The van der Waals surface area contributed by atoms with E-state index in [-0.39, 0.29) is 0 Å². The third-order valence-corrected chi connectivity index (χ3v) is 5.24. The molecular weight excluding hydrogens is 342 g/mol. The SMILES string of the molecule is Cc1cc(N)cc(-c2ccc3c4ccccc4n(-c4cc(C)ccn4)c3c2)c1. The van der Waals surface area contributed by atoms with E-state index in [1.807, 2.05) is 24.4 Å². The predicted octanol–water partition coefficient (Wildman–Crippen LogP) is 6.04. The third kappa shape index (κ3) is 2.64. The molecule has 2 N–H and O–H groups in total. The van der Waals surface area contributed by atoms with Crippen LogP contribution in [0.15, 0.2) is 79.0 Å². The Hall–Kier alpha value is -3.59. The molecule has 2 aromatic heterocycles. The van der Waals surface area contributed by atoms with E-state index in [4.69, 9.17) is 5.73 Å². The van der Waals surface area contributed by atoms with E-state index in [0.29, 0.717) is 0 Å². The lowest BCUT2D eigenvalue weighted by molar-refractivity contribution is 1.07. The second-order valence-corrected chi connectivity index (χ2v) is 7.41. The van der Waals surface area contributed by atoms with Gasteiger partial charge in [-0.3, -0.25) is 4.57 Å². The molecule has 2 heterocycles. The first-order valence-electron chi connectivity index (χ1n) is 9.44. The van der Waals surface area contributed by atoms with Gasteiger partial charge in [-0.1, -0.05) is 36.4 Å². The van der Waals surface area contributed by atoms with Crippen LogP contribution in [0.5, 0.6) is 0 Å². The monoisotopic (exact) mass is 363 g/mol. The van der Waals surface area contributed by atoms with Gasteiger partial charge >= 0.3 is 0 Å². The molecule has 28 heavy (non-hydrogen) atoms. The van der Waals surface area contributed by atoms with Gasteiger partial charge in [0.1, 0.15) is 5.82 Å². The van der Waals surface area contributed by atoms with Crippen LogP contribution in [0.3, 0.4) is 0 Å². The fourth-order valence-corrected chi connectivity index (χ4v) is 4.02. The zero-order valence-electron chi connectivity index (χ0n) is 16.0. The number of rotatable bonds is 2. The summed E-state index contributed by atoms with van der Waals surface area (Å²) < 4.78 is 2.25. The summed E-state index contributed by atoms with van der Waals surface area (Å²) in [6.07, 6.45) is 1.87. The second kappa shape index (κ2) is 6.24. The molecule has 5 rings (SSSR count). The third-order valence-electron chi connectivity index (χ3n) is 5.24. The molecule has 0 saturated carbocycles. The molecule has 0 spiro atoms. The highest BCUT2D eigenvalue weighted by Gasteiger charge is 2.14. The van der Waals surface area contributed by atoms with Gasteiger partial charge in [0.25, 0.3) is 0 Å². The van der Waals surface area contributed by atoms with Crippen LogP contribution >= 0.6 is 0 Å². The Morgan fingerprint density at radius 2 is 1.54 bits per heavy atom. The quantitative estimate of drug-likeness (QED) is 0.388. The van der Waals surface area contributed by atoms with Gasteiger partial charge in [-0.05, 0) is 72.5 Å². The lowest BCUT2D eigenvalue weighted by Crippen LogP contribution is -1.97. The maximum absolute atomic E-state index is 6.09. The zero-order valence-corrected chi connectivity index (χ0v) is 16.0. The van der Waals surface area contributed by atoms with Gasteiger partial charge in [0.2, 0.25) is 0 Å². The van der Waals surface area contributed by atoms with E-state index in [0.717, 1.165) is 39.2 Å². The van der Waals surface area contributed by atoms with Gasteiger partial charge in [-0.15, -0.1) is 0 Å². The molecule has 0 bridgehead atoms. The molecule has 3 nitrogen and oxygen atoms in total. The minimum atomic E-state index is 0.788. The van der Waals surface area contributed by atoms with Crippen LogP contribution < -0.4 is 5.73 Å². The summed E-state index contributed by atoms with van der Waals surface area (Å²) in [6, 6.07) is 25.5. The number of para-hydroxylation sites is 1. The number of benzene rings is 3. The summed E-state index contributed by atoms with van der Waals surface area (Å²) >= 11 is 0. The van der Waals surface area contributed by atoms with Crippen molar-refractivity contribution in [2.45, 2.75) is 13.8 Å². The molecule has 0 aliphatic carbocycles. The number of nitrogens with two attached hydrogens (primary N) is 1. The van der Waals surface area contributed by atoms with Crippen molar-refractivity contribution < 1.29 is 0 Å². The first-order valence-corrected chi connectivity index (χ1v) is 9.44. The molecule has 0 atom stereocenters. The van der Waals surface area contributed by atoms with Gasteiger partial charge in [0, 0.05) is 22.7 Å². The molecule has 0 aliphatic rings. The minimum Gasteiger partial charge on any atom is -0.399 e. The summed E-state index contributed by atoms with van der Waals surface area (Å²) in [5.41, 5.74) is 13.8. The molecule has 0 saturated heterocycles. The maximum Gasteiger partial charge on any atom is 0.137 e. The Morgan fingerprint density at radius 1 is 0.714 bits per heavy atom. The van der Waals surface area contributed by atoms with Crippen molar-refractivity contribution in [1.82, 2.24) is 9.55 Å². The molecule has 3 aromatic carbocycles. The van der Waals surface area contributed by atoms with Gasteiger partial charge < -0.3 is 5.73 Å². The van der Waals surface area contributed by atoms with Gasteiger partial charge in [-0.25, -0.2) is 4.98 Å². The molecule has 0 amide bonds. The zero-order chi connectivity index (χ0) is 19.3. The average Bonchev–Trinajstić information content (AvgIpc) is 3.01. The molecule has 5 aromatic rings. The number of anilines is 1. The van der Waals surface area contributed by atoms with E-state index in [1.54, 1.807) is 0 Å². The summed E-state index contributed by atoms with van der Waals surface area (Å²) in [7, 11) is 0. The molecule has 3 heteroatoms. The van der Waals surface area contributed by atoms with E-state index >= 15 is 0 Å².